The standard InChI is InChI=1S/C17H26N2O2/c1-11-8-12-14(9-17(2,3)10-15(12)21-11)19-16(20)13-6-4-5-7-18-13/h8,13-14,18H,4-7,9-10H2,1-3H3,(H,19,20). The number of amides is 1. The number of fused-ring (bicyclic) bond motifs is 1. The largest absolute Gasteiger partial charge is 0.466 e. The first-order chi connectivity index (χ1) is 9.94. The van der Waals surface area contributed by atoms with E-state index >= 15 is 0 Å². The lowest BCUT2D eigenvalue weighted by molar-refractivity contribution is -0.124. The Morgan fingerprint density at radius 1 is 1.43 bits per heavy atom. The summed E-state index contributed by atoms with van der Waals surface area (Å²) in [6.07, 6.45) is 5.17. The highest BCUT2D eigenvalue weighted by Crippen LogP contribution is 2.42. The molecule has 1 aromatic heterocycles. The van der Waals surface area contributed by atoms with Gasteiger partial charge in [0.2, 0.25) is 5.91 Å². The van der Waals surface area contributed by atoms with E-state index in [9.17, 15) is 4.79 Å². The monoisotopic (exact) mass is 290 g/mol. The summed E-state index contributed by atoms with van der Waals surface area (Å²) in [5, 5.41) is 6.58. The van der Waals surface area contributed by atoms with Crippen LogP contribution in [0.3, 0.4) is 0 Å². The average molecular weight is 290 g/mol. The van der Waals surface area contributed by atoms with Crippen LogP contribution in [0.4, 0.5) is 0 Å². The van der Waals surface area contributed by atoms with E-state index in [2.05, 4.69) is 30.5 Å². The quantitative estimate of drug-likeness (QED) is 0.880. The van der Waals surface area contributed by atoms with Gasteiger partial charge in [0.15, 0.2) is 0 Å². The topological polar surface area (TPSA) is 54.3 Å². The van der Waals surface area contributed by atoms with E-state index in [0.29, 0.717) is 0 Å². The number of piperidine rings is 1. The molecule has 2 aliphatic rings. The van der Waals surface area contributed by atoms with Gasteiger partial charge < -0.3 is 15.1 Å². The lowest BCUT2D eigenvalue weighted by Gasteiger charge is -2.35. The van der Waals surface area contributed by atoms with Gasteiger partial charge in [-0.05, 0) is 44.2 Å². The molecule has 1 amide bonds. The second-order valence-corrected chi connectivity index (χ2v) is 7.34. The lowest BCUT2D eigenvalue weighted by Crippen LogP contribution is -2.48. The van der Waals surface area contributed by atoms with Crippen molar-refractivity contribution in [3.63, 3.8) is 0 Å². The summed E-state index contributed by atoms with van der Waals surface area (Å²) in [6, 6.07) is 2.14. The molecular formula is C17H26N2O2. The second kappa shape index (κ2) is 5.48. The summed E-state index contributed by atoms with van der Waals surface area (Å²) in [5.74, 6) is 2.13. The molecule has 2 atom stereocenters. The van der Waals surface area contributed by atoms with Crippen LogP contribution in [0.5, 0.6) is 0 Å². The Bertz CT molecular complexity index is 527. The van der Waals surface area contributed by atoms with E-state index < -0.39 is 0 Å². The van der Waals surface area contributed by atoms with Crippen molar-refractivity contribution in [2.45, 2.75) is 65.0 Å². The smallest absolute Gasteiger partial charge is 0.237 e. The maximum Gasteiger partial charge on any atom is 0.237 e. The van der Waals surface area contributed by atoms with Gasteiger partial charge in [0.25, 0.3) is 0 Å². The van der Waals surface area contributed by atoms with Crippen molar-refractivity contribution in [3.8, 4) is 0 Å². The first-order valence-corrected chi connectivity index (χ1v) is 8.08. The minimum atomic E-state index is -0.0276. The molecule has 116 valence electrons. The summed E-state index contributed by atoms with van der Waals surface area (Å²) in [7, 11) is 0. The first-order valence-electron chi connectivity index (χ1n) is 8.08. The fourth-order valence-corrected chi connectivity index (χ4v) is 3.66. The second-order valence-electron chi connectivity index (χ2n) is 7.34. The molecule has 1 aromatic rings. The highest BCUT2D eigenvalue weighted by molar-refractivity contribution is 5.82. The summed E-state index contributed by atoms with van der Waals surface area (Å²) in [6.45, 7) is 7.41. The molecule has 0 radical (unpaired) electrons. The highest BCUT2D eigenvalue weighted by Gasteiger charge is 2.36. The molecule has 4 heteroatoms. The van der Waals surface area contributed by atoms with Crippen LogP contribution in [-0.2, 0) is 11.2 Å². The van der Waals surface area contributed by atoms with Crippen LogP contribution in [0.1, 0.15) is 62.7 Å². The van der Waals surface area contributed by atoms with Crippen molar-refractivity contribution in [2.24, 2.45) is 5.41 Å². The molecule has 4 nitrogen and oxygen atoms in total. The molecule has 1 fully saturated rings. The van der Waals surface area contributed by atoms with E-state index in [1.165, 1.54) is 12.0 Å². The van der Waals surface area contributed by atoms with E-state index in [1.54, 1.807) is 0 Å². The van der Waals surface area contributed by atoms with Crippen molar-refractivity contribution in [1.82, 2.24) is 10.6 Å². The summed E-state index contributed by atoms with van der Waals surface area (Å²) in [4.78, 5) is 12.5. The van der Waals surface area contributed by atoms with E-state index in [1.807, 2.05) is 6.92 Å². The molecule has 1 aliphatic carbocycles. The summed E-state index contributed by atoms with van der Waals surface area (Å²) in [5.41, 5.74) is 1.34. The Morgan fingerprint density at radius 2 is 2.24 bits per heavy atom. The molecule has 2 heterocycles. The van der Waals surface area contributed by atoms with E-state index in [0.717, 1.165) is 43.7 Å². The van der Waals surface area contributed by atoms with Gasteiger partial charge in [-0.1, -0.05) is 20.3 Å². The Kier molecular flexibility index (Phi) is 3.82. The van der Waals surface area contributed by atoms with Gasteiger partial charge in [-0.15, -0.1) is 0 Å². The predicted octanol–water partition coefficient (Wildman–Crippen LogP) is 2.86. The maximum atomic E-state index is 12.5. The van der Waals surface area contributed by atoms with E-state index in [-0.39, 0.29) is 23.4 Å². The lowest BCUT2D eigenvalue weighted by atomic mass is 9.74. The maximum absolute atomic E-state index is 12.5. The van der Waals surface area contributed by atoms with Crippen molar-refractivity contribution in [3.05, 3.63) is 23.2 Å². The van der Waals surface area contributed by atoms with Crippen LogP contribution in [0, 0.1) is 12.3 Å². The third kappa shape index (κ3) is 3.15. The third-order valence-electron chi connectivity index (χ3n) is 4.68. The van der Waals surface area contributed by atoms with Crippen LogP contribution < -0.4 is 10.6 Å². The number of carbonyl (C=O) groups excluding carboxylic acids is 1. The Morgan fingerprint density at radius 3 is 2.95 bits per heavy atom. The number of hydrogen-bond acceptors (Lipinski definition) is 3. The summed E-state index contributed by atoms with van der Waals surface area (Å²) >= 11 is 0. The number of carbonyl (C=O) groups is 1. The molecule has 2 N–H and O–H groups in total. The van der Waals surface area contributed by atoms with Crippen molar-refractivity contribution >= 4 is 5.91 Å². The fourth-order valence-electron chi connectivity index (χ4n) is 3.66. The van der Waals surface area contributed by atoms with Crippen LogP contribution in [-0.4, -0.2) is 18.5 Å². The normalized spacial score (nSPS) is 28.0. The molecule has 0 aromatic carbocycles. The molecular weight excluding hydrogens is 264 g/mol. The average Bonchev–Trinajstić information content (AvgIpc) is 2.78. The zero-order chi connectivity index (χ0) is 15.0. The molecule has 0 spiro atoms. The molecule has 1 aliphatic heterocycles. The minimum Gasteiger partial charge on any atom is -0.466 e. The van der Waals surface area contributed by atoms with Crippen LogP contribution in [0.15, 0.2) is 10.5 Å². The van der Waals surface area contributed by atoms with E-state index in [4.69, 9.17) is 4.42 Å². The molecule has 0 saturated carbocycles. The zero-order valence-electron chi connectivity index (χ0n) is 13.3. The number of aryl methyl sites for hydroxylation is 1. The van der Waals surface area contributed by atoms with Gasteiger partial charge in [0.1, 0.15) is 11.5 Å². The predicted molar refractivity (Wildman–Crippen MR) is 82.1 cm³/mol. The Labute approximate surface area is 126 Å². The molecule has 0 bridgehead atoms. The first kappa shape index (κ1) is 14.6. The Hall–Kier alpha value is -1.29. The van der Waals surface area contributed by atoms with Crippen LogP contribution in [0.2, 0.25) is 0 Å². The molecule has 21 heavy (non-hydrogen) atoms. The molecule has 2 unspecified atom stereocenters. The number of nitrogens with one attached hydrogen (secondary N) is 2. The van der Waals surface area contributed by atoms with Crippen molar-refractivity contribution < 1.29 is 9.21 Å². The SMILES string of the molecule is Cc1cc2c(o1)CC(C)(C)CC2NC(=O)C1CCCCN1. The minimum absolute atomic E-state index is 0.0276. The van der Waals surface area contributed by atoms with Gasteiger partial charge in [-0.25, -0.2) is 0 Å². The van der Waals surface area contributed by atoms with Gasteiger partial charge in [-0.2, -0.15) is 0 Å². The highest BCUT2D eigenvalue weighted by atomic mass is 16.3. The van der Waals surface area contributed by atoms with Gasteiger partial charge >= 0.3 is 0 Å². The van der Waals surface area contributed by atoms with Crippen molar-refractivity contribution in [2.75, 3.05) is 6.54 Å². The number of hydrogen-bond donors (Lipinski definition) is 2. The number of furan rings is 1. The van der Waals surface area contributed by atoms with Gasteiger partial charge in [0.05, 0.1) is 12.1 Å². The van der Waals surface area contributed by atoms with Gasteiger partial charge in [-0.3, -0.25) is 4.79 Å². The molecule has 1 saturated heterocycles. The van der Waals surface area contributed by atoms with Crippen LogP contribution >= 0.6 is 0 Å². The Balaban J connectivity index is 1.76. The molecule has 3 rings (SSSR count). The van der Waals surface area contributed by atoms with Crippen molar-refractivity contribution in [1.29, 1.82) is 0 Å². The third-order valence-corrected chi connectivity index (χ3v) is 4.68. The van der Waals surface area contributed by atoms with Crippen LogP contribution in [0.25, 0.3) is 0 Å². The fraction of sp³-hybridized carbons (Fsp3) is 0.706. The summed E-state index contributed by atoms with van der Waals surface area (Å²) < 4.78 is 5.83. The number of rotatable bonds is 2. The van der Waals surface area contributed by atoms with Gasteiger partial charge in [0, 0.05) is 12.0 Å². The zero-order valence-corrected chi connectivity index (χ0v) is 13.3.